The number of hydrogen-bond donors (Lipinski definition) is 1. The predicted octanol–water partition coefficient (Wildman–Crippen LogP) is 3.73. The van der Waals surface area contributed by atoms with Gasteiger partial charge in [0.2, 0.25) is 11.7 Å². The van der Waals surface area contributed by atoms with E-state index in [0.717, 1.165) is 5.56 Å². The van der Waals surface area contributed by atoms with Crippen molar-refractivity contribution in [2.24, 2.45) is 0 Å². The first-order chi connectivity index (χ1) is 12.0. The van der Waals surface area contributed by atoms with Crippen LogP contribution in [0.5, 0.6) is 17.2 Å². The molecule has 0 saturated heterocycles. The van der Waals surface area contributed by atoms with Crippen LogP contribution in [0.3, 0.4) is 0 Å². The Morgan fingerprint density at radius 2 is 1.68 bits per heavy atom. The number of hydrogen-bond acceptors (Lipinski definition) is 4. The van der Waals surface area contributed by atoms with Gasteiger partial charge in [-0.2, -0.15) is 0 Å². The summed E-state index contributed by atoms with van der Waals surface area (Å²) in [6.07, 6.45) is 0.776. The molecule has 2 rings (SSSR count). The highest BCUT2D eigenvalue weighted by Crippen LogP contribution is 2.38. The van der Waals surface area contributed by atoms with Crippen LogP contribution in [0, 0.1) is 12.7 Å². The molecular formula is C19H22FNO4. The zero-order valence-corrected chi connectivity index (χ0v) is 14.8. The van der Waals surface area contributed by atoms with Gasteiger partial charge in [-0.1, -0.05) is 0 Å². The summed E-state index contributed by atoms with van der Waals surface area (Å²) < 4.78 is 29.0. The monoisotopic (exact) mass is 347 g/mol. The van der Waals surface area contributed by atoms with Crippen LogP contribution < -0.4 is 19.5 Å². The smallest absolute Gasteiger partial charge is 0.224 e. The fourth-order valence-electron chi connectivity index (χ4n) is 2.52. The van der Waals surface area contributed by atoms with Crippen molar-refractivity contribution in [3.63, 3.8) is 0 Å². The van der Waals surface area contributed by atoms with E-state index in [2.05, 4.69) is 5.32 Å². The van der Waals surface area contributed by atoms with Crippen LogP contribution in [0.25, 0.3) is 0 Å². The van der Waals surface area contributed by atoms with Crippen LogP contribution in [-0.4, -0.2) is 27.2 Å². The average Bonchev–Trinajstić information content (AvgIpc) is 2.61. The summed E-state index contributed by atoms with van der Waals surface area (Å²) in [6, 6.07) is 7.90. The standard InChI is InChI=1S/C19H22FNO4/c1-12-9-14(20)6-7-15(12)21-18(22)8-5-13-10-16(23-2)19(25-4)17(11-13)24-3/h6-7,9-11H,5,8H2,1-4H3,(H,21,22). The van der Waals surface area contributed by atoms with E-state index in [0.29, 0.717) is 34.9 Å². The number of nitrogens with one attached hydrogen (secondary N) is 1. The van der Waals surface area contributed by atoms with Gasteiger partial charge in [-0.25, -0.2) is 4.39 Å². The maximum absolute atomic E-state index is 13.1. The van der Waals surface area contributed by atoms with E-state index < -0.39 is 0 Å². The lowest BCUT2D eigenvalue weighted by molar-refractivity contribution is -0.116. The van der Waals surface area contributed by atoms with Crippen molar-refractivity contribution in [1.29, 1.82) is 0 Å². The Labute approximate surface area is 146 Å². The van der Waals surface area contributed by atoms with Gasteiger partial charge in [0.1, 0.15) is 5.82 Å². The first-order valence-electron chi connectivity index (χ1n) is 7.83. The molecule has 0 saturated carbocycles. The third-order valence-corrected chi connectivity index (χ3v) is 3.83. The number of ether oxygens (including phenoxy) is 3. The molecule has 0 aliphatic rings. The van der Waals surface area contributed by atoms with Gasteiger partial charge in [0.15, 0.2) is 11.5 Å². The highest BCUT2D eigenvalue weighted by atomic mass is 19.1. The Hall–Kier alpha value is -2.76. The number of aryl methyl sites for hydroxylation is 2. The van der Waals surface area contributed by atoms with Gasteiger partial charge in [0, 0.05) is 12.1 Å². The van der Waals surface area contributed by atoms with Crippen LogP contribution in [0.4, 0.5) is 10.1 Å². The van der Waals surface area contributed by atoms with Crippen LogP contribution in [0.1, 0.15) is 17.5 Å². The summed E-state index contributed by atoms with van der Waals surface area (Å²) >= 11 is 0. The van der Waals surface area contributed by atoms with Gasteiger partial charge < -0.3 is 19.5 Å². The molecule has 0 fully saturated rings. The molecule has 6 heteroatoms. The van der Waals surface area contributed by atoms with Crippen molar-refractivity contribution in [2.45, 2.75) is 19.8 Å². The molecule has 0 atom stereocenters. The zero-order chi connectivity index (χ0) is 18.4. The van der Waals surface area contributed by atoms with Gasteiger partial charge in [-0.3, -0.25) is 4.79 Å². The summed E-state index contributed by atoms with van der Waals surface area (Å²) in [7, 11) is 4.63. The average molecular weight is 347 g/mol. The third-order valence-electron chi connectivity index (χ3n) is 3.83. The quantitative estimate of drug-likeness (QED) is 0.829. The van der Waals surface area contributed by atoms with Gasteiger partial charge in [0.05, 0.1) is 21.3 Å². The van der Waals surface area contributed by atoms with Gasteiger partial charge >= 0.3 is 0 Å². The summed E-state index contributed by atoms with van der Waals surface area (Å²) in [4.78, 5) is 12.2. The molecule has 1 amide bonds. The Kier molecular flexibility index (Phi) is 6.22. The van der Waals surface area contributed by atoms with E-state index in [4.69, 9.17) is 14.2 Å². The van der Waals surface area contributed by atoms with Crippen molar-refractivity contribution < 1.29 is 23.4 Å². The zero-order valence-electron chi connectivity index (χ0n) is 14.8. The number of carbonyl (C=O) groups is 1. The summed E-state index contributed by atoms with van der Waals surface area (Å²) in [5.74, 6) is 1.13. The SMILES string of the molecule is COc1cc(CCC(=O)Nc2ccc(F)cc2C)cc(OC)c1OC. The fourth-order valence-corrected chi connectivity index (χ4v) is 2.52. The highest BCUT2D eigenvalue weighted by molar-refractivity contribution is 5.91. The number of methoxy groups -OCH3 is 3. The van der Waals surface area contributed by atoms with Gasteiger partial charge in [-0.05, 0) is 54.8 Å². The minimum Gasteiger partial charge on any atom is -0.493 e. The Morgan fingerprint density at radius 3 is 2.20 bits per heavy atom. The van der Waals surface area contributed by atoms with E-state index in [1.807, 2.05) is 12.1 Å². The first-order valence-corrected chi connectivity index (χ1v) is 7.83. The molecule has 0 aliphatic carbocycles. The summed E-state index contributed by atoms with van der Waals surface area (Å²) in [5.41, 5.74) is 2.18. The molecule has 5 nitrogen and oxygen atoms in total. The lowest BCUT2D eigenvalue weighted by atomic mass is 10.1. The fraction of sp³-hybridized carbons (Fsp3) is 0.316. The van der Waals surface area contributed by atoms with Crippen molar-refractivity contribution in [3.8, 4) is 17.2 Å². The normalized spacial score (nSPS) is 10.3. The first kappa shape index (κ1) is 18.6. The Morgan fingerprint density at radius 1 is 1.04 bits per heavy atom. The number of halogens is 1. The molecule has 25 heavy (non-hydrogen) atoms. The molecule has 0 unspecified atom stereocenters. The number of anilines is 1. The van der Waals surface area contributed by atoms with Crippen LogP contribution in [0.15, 0.2) is 30.3 Å². The molecule has 0 heterocycles. The van der Waals surface area contributed by atoms with Crippen LogP contribution in [0.2, 0.25) is 0 Å². The second kappa shape index (κ2) is 8.37. The van der Waals surface area contributed by atoms with Crippen LogP contribution >= 0.6 is 0 Å². The third kappa shape index (κ3) is 4.62. The van der Waals surface area contributed by atoms with E-state index in [-0.39, 0.29) is 18.1 Å². The number of benzene rings is 2. The molecule has 2 aromatic carbocycles. The van der Waals surface area contributed by atoms with Gasteiger partial charge in [0.25, 0.3) is 0 Å². The number of amides is 1. The molecule has 2 aromatic rings. The minimum atomic E-state index is -0.326. The lowest BCUT2D eigenvalue weighted by Crippen LogP contribution is -2.13. The van der Waals surface area contributed by atoms with E-state index in [1.54, 1.807) is 34.3 Å². The summed E-state index contributed by atoms with van der Waals surface area (Å²) in [5, 5.41) is 2.79. The summed E-state index contributed by atoms with van der Waals surface area (Å²) in [6.45, 7) is 1.75. The number of carbonyl (C=O) groups excluding carboxylic acids is 1. The maximum atomic E-state index is 13.1. The van der Waals surface area contributed by atoms with E-state index in [9.17, 15) is 9.18 Å². The Balaban J connectivity index is 2.06. The highest BCUT2D eigenvalue weighted by Gasteiger charge is 2.14. The van der Waals surface area contributed by atoms with Crippen molar-refractivity contribution in [1.82, 2.24) is 0 Å². The molecule has 134 valence electrons. The van der Waals surface area contributed by atoms with Crippen molar-refractivity contribution in [3.05, 3.63) is 47.3 Å². The topological polar surface area (TPSA) is 56.8 Å². The predicted molar refractivity (Wildman–Crippen MR) is 94.2 cm³/mol. The molecular weight excluding hydrogens is 325 g/mol. The van der Waals surface area contributed by atoms with Gasteiger partial charge in [-0.15, -0.1) is 0 Å². The maximum Gasteiger partial charge on any atom is 0.224 e. The van der Waals surface area contributed by atoms with E-state index in [1.165, 1.54) is 12.1 Å². The largest absolute Gasteiger partial charge is 0.493 e. The molecule has 0 radical (unpaired) electrons. The lowest BCUT2D eigenvalue weighted by Gasteiger charge is -2.14. The molecule has 0 bridgehead atoms. The van der Waals surface area contributed by atoms with Crippen molar-refractivity contribution >= 4 is 11.6 Å². The second-order valence-electron chi connectivity index (χ2n) is 5.54. The Bertz CT molecular complexity index is 736. The molecule has 0 aliphatic heterocycles. The molecule has 0 spiro atoms. The molecule has 0 aromatic heterocycles. The second-order valence-corrected chi connectivity index (χ2v) is 5.54. The molecule has 1 N–H and O–H groups in total. The van der Waals surface area contributed by atoms with E-state index >= 15 is 0 Å². The minimum absolute atomic E-state index is 0.150. The number of rotatable bonds is 7. The van der Waals surface area contributed by atoms with Crippen molar-refractivity contribution in [2.75, 3.05) is 26.6 Å². The van der Waals surface area contributed by atoms with Crippen LogP contribution in [-0.2, 0) is 11.2 Å².